The van der Waals surface area contributed by atoms with E-state index in [1.165, 1.54) is 22.8 Å². The number of fused-ring (bicyclic) bond motifs is 1. The van der Waals surface area contributed by atoms with Gasteiger partial charge < -0.3 is 15.0 Å². The zero-order valence-electron chi connectivity index (χ0n) is 14.9. The van der Waals surface area contributed by atoms with Gasteiger partial charge in [-0.05, 0) is 12.0 Å². The van der Waals surface area contributed by atoms with Crippen molar-refractivity contribution in [3.63, 3.8) is 0 Å². The van der Waals surface area contributed by atoms with Crippen LogP contribution in [0, 0.1) is 21.4 Å². The number of nitro benzene ring substituents is 1. The van der Waals surface area contributed by atoms with Crippen molar-refractivity contribution in [2.45, 2.75) is 25.7 Å². The number of nitrogens with two attached hydrogens (primary N) is 1. The number of aryl methyl sites for hydroxylation is 1. The third-order valence-corrected chi connectivity index (χ3v) is 4.63. The normalized spacial score (nSPS) is 15.7. The number of hydrogen-bond acceptors (Lipinski definition) is 6. The Morgan fingerprint density at radius 3 is 2.78 bits per heavy atom. The van der Waals surface area contributed by atoms with Crippen molar-refractivity contribution in [2.75, 3.05) is 0 Å². The van der Waals surface area contributed by atoms with Crippen molar-refractivity contribution < 1.29 is 9.66 Å². The topological polar surface area (TPSA) is 124 Å². The van der Waals surface area contributed by atoms with E-state index in [0.717, 1.165) is 12.1 Å². The summed E-state index contributed by atoms with van der Waals surface area (Å²) in [6.45, 7) is 2.00. The lowest BCUT2D eigenvalue weighted by atomic mass is 9.83. The summed E-state index contributed by atoms with van der Waals surface area (Å²) >= 11 is 0. The number of rotatable bonds is 4. The van der Waals surface area contributed by atoms with Crippen molar-refractivity contribution in [1.29, 1.82) is 5.26 Å². The molecule has 1 unspecified atom stereocenters. The highest BCUT2D eigenvalue weighted by molar-refractivity contribution is 5.56. The monoisotopic (exact) mass is 366 g/mol. The number of allylic oxidation sites excluding steroid dienone is 1. The number of hydrogen-bond donors (Lipinski definition) is 1. The van der Waals surface area contributed by atoms with Gasteiger partial charge in [-0.15, -0.1) is 0 Å². The number of nitriles is 1. The van der Waals surface area contributed by atoms with Crippen molar-refractivity contribution in [3.8, 4) is 11.8 Å². The molecule has 2 aromatic rings. The lowest BCUT2D eigenvalue weighted by Crippen LogP contribution is -2.32. The minimum atomic E-state index is -0.826. The number of aromatic nitrogens is 1. The van der Waals surface area contributed by atoms with Gasteiger partial charge in [-0.25, -0.2) is 0 Å². The number of non-ortho nitro benzene ring substituents is 1. The summed E-state index contributed by atoms with van der Waals surface area (Å²) < 4.78 is 7.10. The van der Waals surface area contributed by atoms with E-state index < -0.39 is 10.8 Å². The summed E-state index contributed by atoms with van der Waals surface area (Å²) in [5.41, 5.74) is 7.03. The summed E-state index contributed by atoms with van der Waals surface area (Å²) in [6, 6.07) is 9.59. The second-order valence-electron chi connectivity index (χ2n) is 6.30. The molecular formula is C19H18N4O4. The highest BCUT2D eigenvalue weighted by Gasteiger charge is 2.34. The van der Waals surface area contributed by atoms with Gasteiger partial charge in [0.15, 0.2) is 0 Å². The first-order chi connectivity index (χ1) is 12.9. The van der Waals surface area contributed by atoms with Crippen LogP contribution in [-0.2, 0) is 13.5 Å². The van der Waals surface area contributed by atoms with Crippen LogP contribution in [0.5, 0.6) is 5.75 Å². The Balaban J connectivity index is 2.30. The van der Waals surface area contributed by atoms with Crippen molar-refractivity contribution >= 4 is 5.69 Å². The largest absolute Gasteiger partial charge is 0.440 e. The third kappa shape index (κ3) is 3.04. The molecule has 0 bridgehead atoms. The quantitative estimate of drug-likeness (QED) is 0.655. The van der Waals surface area contributed by atoms with E-state index in [1.54, 1.807) is 19.2 Å². The average Bonchev–Trinajstić information content (AvgIpc) is 2.65. The molecule has 0 aliphatic carbocycles. The Labute approximate surface area is 155 Å². The smallest absolute Gasteiger partial charge is 0.269 e. The minimum Gasteiger partial charge on any atom is -0.440 e. The van der Waals surface area contributed by atoms with E-state index in [1.807, 2.05) is 13.0 Å². The van der Waals surface area contributed by atoms with Crippen LogP contribution in [0.2, 0.25) is 0 Å². The van der Waals surface area contributed by atoms with Gasteiger partial charge in [0.25, 0.3) is 11.2 Å². The van der Waals surface area contributed by atoms with E-state index >= 15 is 0 Å². The predicted molar refractivity (Wildman–Crippen MR) is 98.1 cm³/mol. The van der Waals surface area contributed by atoms with Crippen LogP contribution in [0.3, 0.4) is 0 Å². The Hall–Kier alpha value is -3.60. The number of nitro groups is 1. The Bertz CT molecular complexity index is 1060. The van der Waals surface area contributed by atoms with E-state index in [-0.39, 0.29) is 34.0 Å². The zero-order chi connectivity index (χ0) is 19.7. The molecular weight excluding hydrogens is 348 g/mol. The van der Waals surface area contributed by atoms with E-state index in [2.05, 4.69) is 0 Å². The van der Waals surface area contributed by atoms with Crippen LogP contribution in [0.1, 0.15) is 36.1 Å². The number of benzene rings is 1. The molecule has 0 saturated heterocycles. The molecule has 1 aliphatic heterocycles. The van der Waals surface area contributed by atoms with Crippen LogP contribution >= 0.6 is 0 Å². The second-order valence-corrected chi connectivity index (χ2v) is 6.30. The molecule has 0 fully saturated rings. The summed E-state index contributed by atoms with van der Waals surface area (Å²) in [4.78, 5) is 23.7. The van der Waals surface area contributed by atoms with Gasteiger partial charge >= 0.3 is 0 Å². The van der Waals surface area contributed by atoms with Gasteiger partial charge in [-0.1, -0.05) is 25.5 Å². The van der Waals surface area contributed by atoms with Gasteiger partial charge in [0.05, 0.1) is 16.4 Å². The van der Waals surface area contributed by atoms with Crippen LogP contribution in [0.25, 0.3) is 0 Å². The molecule has 0 saturated carbocycles. The summed E-state index contributed by atoms with van der Waals surface area (Å²) in [7, 11) is 1.66. The standard InChI is InChI=1S/C19H18N4O4/c1-3-5-12-9-15-17(19(24)22(12)2)16(14(10-20)18(21)27-15)11-6-4-7-13(8-11)23(25)26/h4,6-9,16H,3,5,21H2,1-2H3. The first kappa shape index (κ1) is 18.2. The van der Waals surface area contributed by atoms with Gasteiger partial charge in [0.2, 0.25) is 5.88 Å². The fourth-order valence-electron chi connectivity index (χ4n) is 3.32. The van der Waals surface area contributed by atoms with Gasteiger partial charge in [0, 0.05) is 30.9 Å². The first-order valence-corrected chi connectivity index (χ1v) is 8.43. The highest BCUT2D eigenvalue weighted by Crippen LogP contribution is 2.41. The number of ether oxygens (including phenoxy) is 1. The predicted octanol–water partition coefficient (Wildman–Crippen LogP) is 2.46. The maximum atomic E-state index is 13.1. The molecule has 1 aromatic carbocycles. The molecule has 1 atom stereocenters. The Morgan fingerprint density at radius 1 is 1.41 bits per heavy atom. The van der Waals surface area contributed by atoms with Crippen molar-refractivity contribution in [3.05, 3.63) is 79.1 Å². The molecule has 0 spiro atoms. The van der Waals surface area contributed by atoms with Crippen LogP contribution < -0.4 is 16.0 Å². The molecule has 8 nitrogen and oxygen atoms in total. The Kier molecular flexibility index (Phi) is 4.69. The third-order valence-electron chi connectivity index (χ3n) is 4.63. The molecule has 0 amide bonds. The zero-order valence-corrected chi connectivity index (χ0v) is 14.9. The second kappa shape index (κ2) is 6.96. The highest BCUT2D eigenvalue weighted by atomic mass is 16.6. The molecule has 138 valence electrons. The molecule has 3 rings (SSSR count). The van der Waals surface area contributed by atoms with E-state index in [9.17, 15) is 20.2 Å². The van der Waals surface area contributed by atoms with Crippen LogP contribution in [-0.4, -0.2) is 9.49 Å². The number of pyridine rings is 1. The number of nitrogens with zero attached hydrogens (tertiary/aromatic N) is 3. The fourth-order valence-corrected chi connectivity index (χ4v) is 3.32. The Morgan fingerprint density at radius 2 is 2.15 bits per heavy atom. The average molecular weight is 366 g/mol. The van der Waals surface area contributed by atoms with E-state index in [4.69, 9.17) is 10.5 Å². The van der Waals surface area contributed by atoms with Crippen LogP contribution in [0.4, 0.5) is 5.69 Å². The molecule has 27 heavy (non-hydrogen) atoms. The molecule has 1 aromatic heterocycles. The van der Waals surface area contributed by atoms with Crippen LogP contribution in [0.15, 0.2) is 46.6 Å². The lowest BCUT2D eigenvalue weighted by Gasteiger charge is -2.27. The molecule has 2 N–H and O–H groups in total. The summed E-state index contributed by atoms with van der Waals surface area (Å²) in [6.07, 6.45) is 1.52. The maximum Gasteiger partial charge on any atom is 0.269 e. The van der Waals surface area contributed by atoms with Crippen molar-refractivity contribution in [1.82, 2.24) is 4.57 Å². The van der Waals surface area contributed by atoms with Gasteiger partial charge in [-0.2, -0.15) is 5.26 Å². The molecule has 8 heteroatoms. The van der Waals surface area contributed by atoms with Crippen molar-refractivity contribution in [2.24, 2.45) is 12.8 Å². The maximum absolute atomic E-state index is 13.1. The lowest BCUT2D eigenvalue weighted by molar-refractivity contribution is -0.384. The van der Waals surface area contributed by atoms with Gasteiger partial charge in [-0.3, -0.25) is 14.9 Å². The minimum absolute atomic E-state index is 0.0586. The van der Waals surface area contributed by atoms with Gasteiger partial charge in [0.1, 0.15) is 17.4 Å². The fraction of sp³-hybridized carbons (Fsp3) is 0.263. The molecule has 2 heterocycles. The SMILES string of the molecule is CCCc1cc2c(c(=O)n1C)C(c1cccc([N+](=O)[O-])c1)C(C#N)=C(N)O2. The van der Waals surface area contributed by atoms with E-state index in [0.29, 0.717) is 12.0 Å². The first-order valence-electron chi connectivity index (χ1n) is 8.43. The molecule has 1 aliphatic rings. The summed E-state index contributed by atoms with van der Waals surface area (Å²) in [5, 5.41) is 20.7. The summed E-state index contributed by atoms with van der Waals surface area (Å²) in [5.74, 6) is -0.639. The molecule has 0 radical (unpaired) electrons.